The SMILES string of the molecule is CCC(C#N)N1CCN(c2cccc3nccn23)CC1. The van der Waals surface area contributed by atoms with Crippen LogP contribution >= 0.6 is 0 Å². The summed E-state index contributed by atoms with van der Waals surface area (Å²) < 4.78 is 2.12. The van der Waals surface area contributed by atoms with Gasteiger partial charge in [0.05, 0.1) is 12.1 Å². The zero-order chi connectivity index (χ0) is 13.9. The van der Waals surface area contributed by atoms with Crippen molar-refractivity contribution in [1.82, 2.24) is 14.3 Å². The molecule has 0 spiro atoms. The van der Waals surface area contributed by atoms with E-state index in [4.69, 9.17) is 5.26 Å². The number of nitriles is 1. The van der Waals surface area contributed by atoms with Crippen LogP contribution in [0.3, 0.4) is 0 Å². The van der Waals surface area contributed by atoms with Crippen molar-refractivity contribution in [2.45, 2.75) is 19.4 Å². The van der Waals surface area contributed by atoms with Crippen molar-refractivity contribution in [2.75, 3.05) is 31.1 Å². The Hall–Kier alpha value is -2.06. The van der Waals surface area contributed by atoms with E-state index in [0.717, 1.165) is 38.2 Å². The number of hydrogen-bond acceptors (Lipinski definition) is 4. The minimum atomic E-state index is 0.0567. The first-order chi connectivity index (χ1) is 9.83. The molecule has 0 aliphatic carbocycles. The number of pyridine rings is 1. The van der Waals surface area contributed by atoms with E-state index in [9.17, 15) is 0 Å². The molecule has 1 aliphatic heterocycles. The Labute approximate surface area is 119 Å². The maximum Gasteiger partial charge on any atom is 0.138 e. The first-order valence-corrected chi connectivity index (χ1v) is 7.14. The topological polar surface area (TPSA) is 47.6 Å². The van der Waals surface area contributed by atoms with Crippen LogP contribution < -0.4 is 4.90 Å². The summed E-state index contributed by atoms with van der Waals surface area (Å²) in [6, 6.07) is 8.65. The van der Waals surface area contributed by atoms with Crippen molar-refractivity contribution >= 4 is 11.5 Å². The minimum absolute atomic E-state index is 0.0567. The Morgan fingerprint density at radius 3 is 2.80 bits per heavy atom. The zero-order valence-corrected chi connectivity index (χ0v) is 11.7. The van der Waals surface area contributed by atoms with Crippen LogP contribution in [0.1, 0.15) is 13.3 Å². The van der Waals surface area contributed by atoms with Gasteiger partial charge >= 0.3 is 0 Å². The summed E-state index contributed by atoms with van der Waals surface area (Å²) in [5, 5.41) is 9.16. The number of aromatic nitrogens is 2. The van der Waals surface area contributed by atoms with Crippen LogP contribution in [-0.4, -0.2) is 46.5 Å². The summed E-state index contributed by atoms with van der Waals surface area (Å²) in [5.41, 5.74) is 0.980. The number of nitrogens with zero attached hydrogens (tertiary/aromatic N) is 5. The maximum atomic E-state index is 9.16. The normalized spacial score (nSPS) is 18.1. The molecule has 20 heavy (non-hydrogen) atoms. The molecule has 0 saturated carbocycles. The molecule has 3 heterocycles. The Morgan fingerprint density at radius 1 is 1.30 bits per heavy atom. The molecule has 104 valence electrons. The van der Waals surface area contributed by atoms with Crippen LogP contribution in [0.25, 0.3) is 5.65 Å². The summed E-state index contributed by atoms with van der Waals surface area (Å²) in [7, 11) is 0. The molecule has 0 radical (unpaired) electrons. The van der Waals surface area contributed by atoms with Gasteiger partial charge in [-0.3, -0.25) is 9.30 Å². The average molecular weight is 269 g/mol. The molecule has 5 nitrogen and oxygen atoms in total. The molecule has 1 aliphatic rings. The Bertz CT molecular complexity index is 618. The molecule has 5 heteroatoms. The number of fused-ring (bicyclic) bond motifs is 1. The van der Waals surface area contributed by atoms with Gasteiger partial charge in [-0.05, 0) is 18.6 Å². The molecule has 0 amide bonds. The molecular formula is C15H19N5. The van der Waals surface area contributed by atoms with Crippen LogP contribution in [0.5, 0.6) is 0 Å². The number of rotatable bonds is 3. The van der Waals surface area contributed by atoms with Crippen molar-refractivity contribution < 1.29 is 0 Å². The average Bonchev–Trinajstić information content (AvgIpc) is 2.98. The Balaban J connectivity index is 1.75. The predicted molar refractivity (Wildman–Crippen MR) is 78.7 cm³/mol. The highest BCUT2D eigenvalue weighted by atomic mass is 15.3. The van der Waals surface area contributed by atoms with Gasteiger partial charge in [0.1, 0.15) is 11.5 Å². The molecule has 1 fully saturated rings. The van der Waals surface area contributed by atoms with Gasteiger partial charge in [-0.25, -0.2) is 4.98 Å². The standard InChI is InChI=1S/C15H19N5/c1-2-13(12-16)18-8-10-19(11-9-18)15-5-3-4-14-17-6-7-20(14)15/h3-7,13H,2,8-11H2,1H3. The lowest BCUT2D eigenvalue weighted by Gasteiger charge is -2.37. The minimum Gasteiger partial charge on any atom is -0.355 e. The lowest BCUT2D eigenvalue weighted by molar-refractivity contribution is 0.216. The molecular weight excluding hydrogens is 250 g/mol. The summed E-state index contributed by atoms with van der Waals surface area (Å²) in [6.07, 6.45) is 4.73. The Kier molecular flexibility index (Phi) is 3.57. The van der Waals surface area contributed by atoms with Crippen molar-refractivity contribution in [1.29, 1.82) is 5.26 Å². The summed E-state index contributed by atoms with van der Waals surface area (Å²) in [6.45, 7) is 5.87. The van der Waals surface area contributed by atoms with Crippen molar-refractivity contribution in [3.05, 3.63) is 30.6 Å². The van der Waals surface area contributed by atoms with Gasteiger partial charge < -0.3 is 4.90 Å². The number of hydrogen-bond donors (Lipinski definition) is 0. The van der Waals surface area contributed by atoms with Crippen LogP contribution in [-0.2, 0) is 0 Å². The third-order valence-electron chi connectivity index (χ3n) is 4.02. The first kappa shape index (κ1) is 12.9. The molecule has 1 saturated heterocycles. The van der Waals surface area contributed by atoms with Gasteiger partial charge in [-0.2, -0.15) is 5.26 Å². The van der Waals surface area contributed by atoms with Crippen LogP contribution in [0.4, 0.5) is 5.82 Å². The molecule has 2 aromatic heterocycles. The van der Waals surface area contributed by atoms with Crippen molar-refractivity contribution in [3.63, 3.8) is 0 Å². The molecule has 0 aromatic carbocycles. The van der Waals surface area contributed by atoms with Crippen LogP contribution in [0, 0.1) is 11.3 Å². The second kappa shape index (κ2) is 5.51. The quantitative estimate of drug-likeness (QED) is 0.852. The van der Waals surface area contributed by atoms with E-state index >= 15 is 0 Å². The fraction of sp³-hybridized carbons (Fsp3) is 0.467. The third kappa shape index (κ3) is 2.23. The summed E-state index contributed by atoms with van der Waals surface area (Å²) in [4.78, 5) is 8.98. The van der Waals surface area contributed by atoms with Gasteiger partial charge in [-0.1, -0.05) is 13.0 Å². The van der Waals surface area contributed by atoms with Gasteiger partial charge in [0.25, 0.3) is 0 Å². The largest absolute Gasteiger partial charge is 0.355 e. The third-order valence-corrected chi connectivity index (χ3v) is 4.02. The smallest absolute Gasteiger partial charge is 0.138 e. The molecule has 1 unspecified atom stereocenters. The first-order valence-electron chi connectivity index (χ1n) is 7.14. The molecule has 0 bridgehead atoms. The van der Waals surface area contributed by atoms with Gasteiger partial charge in [0, 0.05) is 38.6 Å². The molecule has 0 N–H and O–H groups in total. The maximum absolute atomic E-state index is 9.16. The molecule has 3 rings (SSSR count). The number of piperazine rings is 1. The summed E-state index contributed by atoms with van der Waals surface area (Å²) >= 11 is 0. The summed E-state index contributed by atoms with van der Waals surface area (Å²) in [5.74, 6) is 1.18. The van der Waals surface area contributed by atoms with E-state index in [2.05, 4.69) is 38.2 Å². The second-order valence-electron chi connectivity index (χ2n) is 5.12. The highest BCUT2D eigenvalue weighted by Gasteiger charge is 2.23. The lowest BCUT2D eigenvalue weighted by Crippen LogP contribution is -2.50. The van der Waals surface area contributed by atoms with Crippen LogP contribution in [0.15, 0.2) is 30.6 Å². The predicted octanol–water partition coefficient (Wildman–Crippen LogP) is 1.76. The lowest BCUT2D eigenvalue weighted by atomic mass is 10.2. The van der Waals surface area contributed by atoms with E-state index in [1.807, 2.05) is 24.5 Å². The van der Waals surface area contributed by atoms with Gasteiger partial charge in [-0.15, -0.1) is 0 Å². The van der Waals surface area contributed by atoms with E-state index in [0.29, 0.717) is 0 Å². The molecule has 2 aromatic rings. The fourth-order valence-corrected chi connectivity index (χ4v) is 2.88. The number of imidazole rings is 1. The zero-order valence-electron chi connectivity index (χ0n) is 11.7. The highest BCUT2D eigenvalue weighted by molar-refractivity contribution is 5.51. The molecule has 1 atom stereocenters. The van der Waals surface area contributed by atoms with Crippen LogP contribution in [0.2, 0.25) is 0 Å². The van der Waals surface area contributed by atoms with Crippen molar-refractivity contribution in [3.8, 4) is 6.07 Å². The number of anilines is 1. The van der Waals surface area contributed by atoms with E-state index in [1.54, 1.807) is 0 Å². The van der Waals surface area contributed by atoms with Gasteiger partial charge in [0.2, 0.25) is 0 Å². The van der Waals surface area contributed by atoms with E-state index in [-0.39, 0.29) is 6.04 Å². The second-order valence-corrected chi connectivity index (χ2v) is 5.12. The highest BCUT2D eigenvalue weighted by Crippen LogP contribution is 2.19. The van der Waals surface area contributed by atoms with Gasteiger partial charge in [0.15, 0.2) is 0 Å². The Morgan fingerprint density at radius 2 is 2.10 bits per heavy atom. The fourth-order valence-electron chi connectivity index (χ4n) is 2.88. The van der Waals surface area contributed by atoms with E-state index < -0.39 is 0 Å². The monoisotopic (exact) mass is 269 g/mol. The van der Waals surface area contributed by atoms with Crippen molar-refractivity contribution in [2.24, 2.45) is 0 Å². The van der Waals surface area contributed by atoms with E-state index in [1.165, 1.54) is 5.82 Å².